The first-order chi connectivity index (χ1) is 12.2. The van der Waals surface area contributed by atoms with Gasteiger partial charge in [-0.25, -0.2) is 4.79 Å². The van der Waals surface area contributed by atoms with E-state index in [1.807, 2.05) is 20.8 Å². The SMILES string of the molecule is COc1cc(CNC(=O)C2CCCN(C(=O)OC(C)(C)C)C2)ccc1O. The number of nitrogens with one attached hydrogen (secondary N) is 1. The largest absolute Gasteiger partial charge is 0.504 e. The van der Waals surface area contributed by atoms with E-state index < -0.39 is 5.60 Å². The average Bonchev–Trinajstić information content (AvgIpc) is 2.59. The predicted octanol–water partition coefficient (Wildman–Crippen LogP) is 2.66. The minimum Gasteiger partial charge on any atom is -0.504 e. The molecule has 144 valence electrons. The molecule has 1 aliphatic rings. The predicted molar refractivity (Wildman–Crippen MR) is 97.0 cm³/mol. The molecule has 2 N–H and O–H groups in total. The molecule has 1 unspecified atom stereocenters. The van der Waals surface area contributed by atoms with Gasteiger partial charge in [0, 0.05) is 19.6 Å². The van der Waals surface area contributed by atoms with Crippen molar-refractivity contribution >= 4 is 12.0 Å². The van der Waals surface area contributed by atoms with Gasteiger partial charge in [-0.15, -0.1) is 0 Å². The van der Waals surface area contributed by atoms with Gasteiger partial charge < -0.3 is 24.8 Å². The number of aromatic hydroxyl groups is 1. The van der Waals surface area contributed by atoms with Gasteiger partial charge >= 0.3 is 6.09 Å². The summed E-state index contributed by atoms with van der Waals surface area (Å²) in [5, 5.41) is 12.5. The first-order valence-corrected chi connectivity index (χ1v) is 8.81. The number of phenols is 1. The second kappa shape index (κ2) is 8.29. The van der Waals surface area contributed by atoms with Crippen LogP contribution in [0.3, 0.4) is 0 Å². The van der Waals surface area contributed by atoms with Crippen molar-refractivity contribution in [2.45, 2.75) is 45.8 Å². The number of piperidine rings is 1. The summed E-state index contributed by atoms with van der Waals surface area (Å²) in [6, 6.07) is 4.95. The lowest BCUT2D eigenvalue weighted by Crippen LogP contribution is -2.46. The van der Waals surface area contributed by atoms with E-state index in [2.05, 4.69) is 5.32 Å². The van der Waals surface area contributed by atoms with E-state index in [1.54, 1.807) is 17.0 Å². The first kappa shape index (κ1) is 19.9. The Morgan fingerprint density at radius 1 is 1.35 bits per heavy atom. The third kappa shape index (κ3) is 5.54. The molecular formula is C19H28N2O5. The average molecular weight is 364 g/mol. The number of likely N-dealkylation sites (tertiary alicyclic amines) is 1. The first-order valence-electron chi connectivity index (χ1n) is 8.81. The lowest BCUT2D eigenvalue weighted by atomic mass is 9.97. The normalized spacial score (nSPS) is 17.5. The smallest absolute Gasteiger partial charge is 0.410 e. The Morgan fingerprint density at radius 2 is 2.08 bits per heavy atom. The quantitative estimate of drug-likeness (QED) is 0.857. The topological polar surface area (TPSA) is 88.1 Å². The van der Waals surface area contributed by atoms with Gasteiger partial charge in [0.25, 0.3) is 0 Å². The highest BCUT2D eigenvalue weighted by atomic mass is 16.6. The molecule has 7 nitrogen and oxygen atoms in total. The van der Waals surface area contributed by atoms with E-state index in [0.29, 0.717) is 25.4 Å². The Hall–Kier alpha value is -2.44. The van der Waals surface area contributed by atoms with Crippen LogP contribution in [0.1, 0.15) is 39.2 Å². The summed E-state index contributed by atoms with van der Waals surface area (Å²) in [6.07, 6.45) is 1.13. The summed E-state index contributed by atoms with van der Waals surface area (Å²) in [7, 11) is 1.48. The van der Waals surface area contributed by atoms with Crippen LogP contribution in [0.2, 0.25) is 0 Å². The van der Waals surface area contributed by atoms with Crippen LogP contribution >= 0.6 is 0 Å². The Bertz CT molecular complexity index is 654. The second-order valence-corrected chi connectivity index (χ2v) is 7.49. The molecule has 1 fully saturated rings. The number of benzene rings is 1. The molecular weight excluding hydrogens is 336 g/mol. The fourth-order valence-corrected chi connectivity index (χ4v) is 2.85. The summed E-state index contributed by atoms with van der Waals surface area (Å²) in [6.45, 7) is 6.77. The van der Waals surface area contributed by atoms with Gasteiger partial charge in [-0.1, -0.05) is 6.07 Å². The summed E-state index contributed by atoms with van der Waals surface area (Å²) < 4.78 is 10.5. The molecule has 0 radical (unpaired) electrons. The molecule has 0 spiro atoms. The molecule has 0 saturated carbocycles. The number of methoxy groups -OCH3 is 1. The minimum atomic E-state index is -0.551. The Labute approximate surface area is 154 Å². The van der Waals surface area contributed by atoms with E-state index in [-0.39, 0.29) is 23.7 Å². The van der Waals surface area contributed by atoms with E-state index in [1.165, 1.54) is 13.2 Å². The number of phenolic OH excluding ortho intramolecular Hbond substituents is 1. The summed E-state index contributed by atoms with van der Waals surface area (Å²) in [4.78, 5) is 26.3. The number of hydrogen-bond donors (Lipinski definition) is 2. The molecule has 1 aromatic rings. The van der Waals surface area contributed by atoms with E-state index in [0.717, 1.165) is 18.4 Å². The molecule has 1 heterocycles. The van der Waals surface area contributed by atoms with Crippen LogP contribution in [-0.4, -0.2) is 47.8 Å². The molecule has 0 aliphatic carbocycles. The van der Waals surface area contributed by atoms with Crippen LogP contribution in [0, 0.1) is 5.92 Å². The molecule has 0 bridgehead atoms. The Morgan fingerprint density at radius 3 is 2.73 bits per heavy atom. The fraction of sp³-hybridized carbons (Fsp3) is 0.579. The molecule has 1 atom stereocenters. The van der Waals surface area contributed by atoms with Gasteiger partial charge in [0.05, 0.1) is 13.0 Å². The lowest BCUT2D eigenvalue weighted by Gasteiger charge is -2.33. The van der Waals surface area contributed by atoms with E-state index in [9.17, 15) is 14.7 Å². The van der Waals surface area contributed by atoms with E-state index in [4.69, 9.17) is 9.47 Å². The summed E-state index contributed by atoms with van der Waals surface area (Å²) in [5.74, 6) is 0.0777. The number of ether oxygens (including phenoxy) is 2. The van der Waals surface area contributed by atoms with Crippen molar-refractivity contribution in [3.8, 4) is 11.5 Å². The van der Waals surface area contributed by atoms with Crippen LogP contribution in [-0.2, 0) is 16.1 Å². The van der Waals surface area contributed by atoms with Gasteiger partial charge in [-0.05, 0) is 51.3 Å². The molecule has 2 rings (SSSR count). The highest BCUT2D eigenvalue weighted by Gasteiger charge is 2.30. The van der Waals surface area contributed by atoms with Crippen LogP contribution in [0.25, 0.3) is 0 Å². The molecule has 1 aliphatic heterocycles. The van der Waals surface area contributed by atoms with E-state index >= 15 is 0 Å². The summed E-state index contributed by atoms with van der Waals surface area (Å²) >= 11 is 0. The van der Waals surface area contributed by atoms with Gasteiger partial charge in [0.2, 0.25) is 5.91 Å². The van der Waals surface area contributed by atoms with Crippen LogP contribution in [0.4, 0.5) is 4.79 Å². The maximum absolute atomic E-state index is 12.5. The molecule has 1 saturated heterocycles. The van der Waals surface area contributed by atoms with Crippen molar-refractivity contribution in [3.05, 3.63) is 23.8 Å². The van der Waals surface area contributed by atoms with Gasteiger partial charge in [-0.2, -0.15) is 0 Å². The highest BCUT2D eigenvalue weighted by molar-refractivity contribution is 5.80. The molecule has 1 aromatic carbocycles. The zero-order valence-corrected chi connectivity index (χ0v) is 15.9. The Balaban J connectivity index is 1.90. The molecule has 2 amide bonds. The molecule has 0 aromatic heterocycles. The number of carbonyl (C=O) groups excluding carboxylic acids is 2. The molecule has 26 heavy (non-hydrogen) atoms. The zero-order chi connectivity index (χ0) is 19.3. The molecule has 7 heteroatoms. The maximum Gasteiger partial charge on any atom is 0.410 e. The number of rotatable bonds is 4. The number of amides is 2. The number of hydrogen-bond acceptors (Lipinski definition) is 5. The number of nitrogens with zero attached hydrogens (tertiary/aromatic N) is 1. The van der Waals surface area contributed by atoms with Crippen LogP contribution in [0.15, 0.2) is 18.2 Å². The zero-order valence-electron chi connectivity index (χ0n) is 15.9. The van der Waals surface area contributed by atoms with Crippen molar-refractivity contribution in [1.82, 2.24) is 10.2 Å². The second-order valence-electron chi connectivity index (χ2n) is 7.49. The van der Waals surface area contributed by atoms with Crippen LogP contribution in [0.5, 0.6) is 11.5 Å². The maximum atomic E-state index is 12.5. The van der Waals surface area contributed by atoms with Crippen molar-refractivity contribution in [1.29, 1.82) is 0 Å². The highest BCUT2D eigenvalue weighted by Crippen LogP contribution is 2.26. The fourth-order valence-electron chi connectivity index (χ4n) is 2.85. The van der Waals surface area contributed by atoms with Gasteiger partial charge in [0.1, 0.15) is 5.60 Å². The minimum absolute atomic E-state index is 0.0582. The number of carbonyl (C=O) groups is 2. The van der Waals surface area contributed by atoms with Crippen molar-refractivity contribution in [3.63, 3.8) is 0 Å². The van der Waals surface area contributed by atoms with Gasteiger partial charge in [0.15, 0.2) is 11.5 Å². The monoisotopic (exact) mass is 364 g/mol. The lowest BCUT2D eigenvalue weighted by molar-refractivity contribution is -0.126. The van der Waals surface area contributed by atoms with Crippen molar-refractivity contribution < 1.29 is 24.2 Å². The third-order valence-corrected chi connectivity index (χ3v) is 4.15. The Kier molecular flexibility index (Phi) is 6.34. The third-order valence-electron chi connectivity index (χ3n) is 4.15. The standard InChI is InChI=1S/C19H28N2O5/c1-19(2,3)26-18(24)21-9-5-6-14(12-21)17(23)20-11-13-7-8-15(22)16(10-13)25-4/h7-8,10,14,22H,5-6,9,11-12H2,1-4H3,(H,20,23). The van der Waals surface area contributed by atoms with Crippen molar-refractivity contribution in [2.75, 3.05) is 20.2 Å². The summed E-state index contributed by atoms with van der Waals surface area (Å²) in [5.41, 5.74) is 0.275. The van der Waals surface area contributed by atoms with Gasteiger partial charge in [-0.3, -0.25) is 4.79 Å². The van der Waals surface area contributed by atoms with Crippen LogP contribution < -0.4 is 10.1 Å². The van der Waals surface area contributed by atoms with Crippen molar-refractivity contribution in [2.24, 2.45) is 5.92 Å².